The van der Waals surface area contributed by atoms with Crippen molar-refractivity contribution in [3.05, 3.63) is 29.8 Å². The number of rotatable bonds is 26. The van der Waals surface area contributed by atoms with Crippen molar-refractivity contribution in [3.63, 3.8) is 0 Å². The van der Waals surface area contributed by atoms with Crippen LogP contribution >= 0.6 is 7.82 Å². The highest BCUT2D eigenvalue weighted by molar-refractivity contribution is 7.47. The van der Waals surface area contributed by atoms with Crippen LogP contribution in [-0.2, 0) is 24.8 Å². The van der Waals surface area contributed by atoms with Crippen molar-refractivity contribution < 1.29 is 33.4 Å². The van der Waals surface area contributed by atoms with E-state index in [0.29, 0.717) is 25.7 Å². The highest BCUT2D eigenvalue weighted by Crippen LogP contribution is 2.44. The number of ketones is 1. The lowest BCUT2D eigenvalue weighted by atomic mass is 9.94. The number of phosphoric ester groups is 1. The molecule has 0 saturated carbocycles. The summed E-state index contributed by atoms with van der Waals surface area (Å²) in [5.74, 6) is 0.794. The molecule has 0 amide bonds. The molecule has 220 valence electrons. The van der Waals surface area contributed by atoms with Crippen LogP contribution in [0.25, 0.3) is 0 Å². The SMILES string of the molecule is CCCCCCCCCCCCOc1ccc(CC(COP(=O)(O)OCCC[NH2+]C)CC(=O)CCC)cc1. The van der Waals surface area contributed by atoms with Gasteiger partial charge in [-0.2, -0.15) is 0 Å². The topological polar surface area (TPSA) is 98.7 Å². The molecule has 0 saturated heterocycles. The van der Waals surface area contributed by atoms with Crippen molar-refractivity contribution in [2.24, 2.45) is 5.92 Å². The van der Waals surface area contributed by atoms with Crippen LogP contribution in [0.5, 0.6) is 5.75 Å². The normalized spacial score (nSPS) is 13.8. The van der Waals surface area contributed by atoms with Gasteiger partial charge in [0.05, 0.1) is 33.4 Å². The van der Waals surface area contributed by atoms with E-state index in [1.54, 1.807) is 0 Å². The van der Waals surface area contributed by atoms with Crippen molar-refractivity contribution in [1.82, 2.24) is 0 Å². The minimum absolute atomic E-state index is 0.000125. The second-order valence-electron chi connectivity index (χ2n) is 10.4. The molecule has 0 heterocycles. The number of carbonyl (C=O) groups is 1. The largest absolute Gasteiger partial charge is 0.494 e. The molecule has 0 aliphatic heterocycles. The van der Waals surface area contributed by atoms with Crippen LogP contribution in [0.4, 0.5) is 0 Å². The quantitative estimate of drug-likeness (QED) is 0.0983. The molecular formula is C30H55NO6P+. The lowest BCUT2D eigenvalue weighted by Gasteiger charge is -2.19. The molecule has 0 aliphatic rings. The average molecular weight is 557 g/mol. The number of Topliss-reactive ketones (excluding diaryl/α,β-unsaturated/α-hetero) is 1. The maximum atomic E-state index is 12.3. The number of benzene rings is 1. The van der Waals surface area contributed by atoms with E-state index in [-0.39, 0.29) is 24.9 Å². The standard InChI is InChI=1S/C30H54NO6P/c1-4-6-7-8-9-10-11-12-13-14-22-35-30-19-17-27(18-20-30)24-28(25-29(32)16-5-2)26-37-38(33,34)36-23-15-21-31-3/h17-20,28,31H,4-16,21-26H2,1-3H3,(H,33,34)/p+1. The van der Waals surface area contributed by atoms with Crippen LogP contribution in [0.15, 0.2) is 24.3 Å². The zero-order valence-electron chi connectivity index (χ0n) is 24.3. The number of hydrogen-bond acceptors (Lipinski definition) is 5. The van der Waals surface area contributed by atoms with Gasteiger partial charge in [0.25, 0.3) is 0 Å². The number of quaternary nitrogens is 1. The summed E-state index contributed by atoms with van der Waals surface area (Å²) in [5.41, 5.74) is 1.04. The molecule has 7 nitrogen and oxygen atoms in total. The Hall–Kier alpha value is -1.24. The van der Waals surface area contributed by atoms with Crippen molar-refractivity contribution in [2.75, 3.05) is 33.4 Å². The van der Waals surface area contributed by atoms with Crippen LogP contribution < -0.4 is 10.1 Å². The summed E-state index contributed by atoms with van der Waals surface area (Å²) >= 11 is 0. The molecule has 38 heavy (non-hydrogen) atoms. The first-order chi connectivity index (χ1) is 18.4. The van der Waals surface area contributed by atoms with Gasteiger partial charge in [-0.15, -0.1) is 0 Å². The van der Waals surface area contributed by atoms with Crippen molar-refractivity contribution >= 4 is 13.6 Å². The molecule has 1 aromatic rings. The maximum Gasteiger partial charge on any atom is 0.472 e. The van der Waals surface area contributed by atoms with Crippen LogP contribution in [0.2, 0.25) is 0 Å². The van der Waals surface area contributed by atoms with Crippen molar-refractivity contribution in [2.45, 2.75) is 110 Å². The second-order valence-corrected chi connectivity index (χ2v) is 11.8. The predicted octanol–water partition coefficient (Wildman–Crippen LogP) is 6.62. The average Bonchev–Trinajstić information content (AvgIpc) is 2.89. The molecule has 2 unspecified atom stereocenters. The Morgan fingerprint density at radius 1 is 0.868 bits per heavy atom. The Balaban J connectivity index is 2.40. The first kappa shape index (κ1) is 34.8. The minimum atomic E-state index is -4.13. The van der Waals surface area contributed by atoms with Gasteiger partial charge in [0.2, 0.25) is 0 Å². The Morgan fingerprint density at radius 2 is 1.50 bits per heavy atom. The predicted molar refractivity (Wildman–Crippen MR) is 155 cm³/mol. The second kappa shape index (κ2) is 22.6. The van der Waals surface area contributed by atoms with E-state index < -0.39 is 7.82 Å². The number of hydrogen-bond donors (Lipinski definition) is 2. The van der Waals surface area contributed by atoms with E-state index in [1.807, 2.05) is 43.6 Å². The number of phosphoric acid groups is 1. The molecule has 8 heteroatoms. The first-order valence-corrected chi connectivity index (χ1v) is 16.5. The van der Waals surface area contributed by atoms with E-state index in [4.69, 9.17) is 13.8 Å². The van der Waals surface area contributed by atoms with Gasteiger partial charge in [-0.25, -0.2) is 4.57 Å². The highest BCUT2D eigenvalue weighted by Gasteiger charge is 2.24. The lowest BCUT2D eigenvalue weighted by Crippen LogP contribution is -2.79. The van der Waals surface area contributed by atoms with Crippen LogP contribution in [0.3, 0.4) is 0 Å². The number of ether oxygens (including phenoxy) is 1. The van der Waals surface area contributed by atoms with Gasteiger partial charge in [0, 0.05) is 19.3 Å². The molecule has 0 spiro atoms. The minimum Gasteiger partial charge on any atom is -0.494 e. The summed E-state index contributed by atoms with van der Waals surface area (Å²) in [6.07, 6.45) is 15.9. The van der Waals surface area contributed by atoms with E-state index in [1.165, 1.54) is 57.8 Å². The number of carbonyl (C=O) groups excluding carboxylic acids is 1. The summed E-state index contributed by atoms with van der Waals surface area (Å²) in [6.45, 7) is 5.93. The zero-order valence-corrected chi connectivity index (χ0v) is 25.2. The van der Waals surface area contributed by atoms with Crippen LogP contribution in [-0.4, -0.2) is 44.1 Å². The molecule has 3 N–H and O–H groups in total. The van der Waals surface area contributed by atoms with Gasteiger partial charge in [0.15, 0.2) is 0 Å². The van der Waals surface area contributed by atoms with Gasteiger partial charge in [-0.3, -0.25) is 13.8 Å². The third-order valence-corrected chi connectivity index (χ3v) is 7.61. The van der Waals surface area contributed by atoms with Crippen molar-refractivity contribution in [1.29, 1.82) is 0 Å². The Bertz CT molecular complexity index is 758. The number of unbranched alkanes of at least 4 members (excludes halogenated alkanes) is 9. The van der Waals surface area contributed by atoms with Gasteiger partial charge in [-0.1, -0.05) is 83.8 Å². The molecule has 1 rings (SSSR count). The summed E-state index contributed by atoms with van der Waals surface area (Å²) in [5, 5.41) is 1.98. The van der Waals surface area contributed by atoms with E-state index in [2.05, 4.69) is 6.92 Å². The molecule has 2 atom stereocenters. The third kappa shape index (κ3) is 18.9. The van der Waals surface area contributed by atoms with Gasteiger partial charge >= 0.3 is 7.82 Å². The molecule has 0 bridgehead atoms. The molecule has 0 radical (unpaired) electrons. The van der Waals surface area contributed by atoms with Crippen LogP contribution in [0.1, 0.15) is 109 Å². The van der Waals surface area contributed by atoms with Gasteiger partial charge in [-0.05, 0) is 42.9 Å². The fourth-order valence-corrected chi connectivity index (χ4v) is 5.27. The number of nitrogens with two attached hydrogens (primary N) is 1. The van der Waals surface area contributed by atoms with E-state index in [9.17, 15) is 14.3 Å². The highest BCUT2D eigenvalue weighted by atomic mass is 31.2. The molecule has 0 aliphatic carbocycles. The summed E-state index contributed by atoms with van der Waals surface area (Å²) in [7, 11) is -2.20. The molecule has 0 aromatic heterocycles. The Morgan fingerprint density at radius 3 is 2.11 bits per heavy atom. The maximum absolute atomic E-state index is 12.3. The molecular weight excluding hydrogens is 501 g/mol. The fraction of sp³-hybridized carbons (Fsp3) is 0.767. The summed E-state index contributed by atoms with van der Waals surface area (Å²) in [4.78, 5) is 22.3. The zero-order chi connectivity index (χ0) is 27.9. The smallest absolute Gasteiger partial charge is 0.472 e. The van der Waals surface area contributed by atoms with Crippen LogP contribution in [0, 0.1) is 5.92 Å². The third-order valence-electron chi connectivity index (χ3n) is 6.62. The summed E-state index contributed by atoms with van der Waals surface area (Å²) in [6, 6.07) is 7.92. The monoisotopic (exact) mass is 556 g/mol. The van der Waals surface area contributed by atoms with E-state index >= 15 is 0 Å². The molecule has 1 aromatic carbocycles. The van der Waals surface area contributed by atoms with Gasteiger partial charge in [0.1, 0.15) is 11.5 Å². The van der Waals surface area contributed by atoms with Gasteiger partial charge < -0.3 is 14.9 Å². The molecule has 0 fully saturated rings. The summed E-state index contributed by atoms with van der Waals surface area (Å²) < 4.78 is 28.5. The lowest BCUT2D eigenvalue weighted by molar-refractivity contribution is -0.627. The van der Waals surface area contributed by atoms with Crippen molar-refractivity contribution in [3.8, 4) is 5.75 Å². The Labute approximate surface area is 232 Å². The fourth-order valence-electron chi connectivity index (χ4n) is 4.43. The first-order valence-electron chi connectivity index (χ1n) is 15.0. The Kier molecular flexibility index (Phi) is 20.7. The van der Waals surface area contributed by atoms with E-state index in [0.717, 1.165) is 37.3 Å².